The van der Waals surface area contributed by atoms with Gasteiger partial charge in [0, 0.05) is 17.8 Å². The van der Waals surface area contributed by atoms with Crippen LogP contribution in [0.15, 0.2) is 36.4 Å². The van der Waals surface area contributed by atoms with E-state index in [9.17, 15) is 14.4 Å². The minimum Gasteiger partial charge on any atom is -0.406 e. The fourth-order valence-corrected chi connectivity index (χ4v) is 6.17. The van der Waals surface area contributed by atoms with Crippen LogP contribution in [0, 0.1) is 5.82 Å². The van der Waals surface area contributed by atoms with Crippen molar-refractivity contribution < 1.29 is 23.5 Å². The van der Waals surface area contributed by atoms with Crippen LogP contribution >= 0.6 is 0 Å². The zero-order chi connectivity index (χ0) is 38.0. The van der Waals surface area contributed by atoms with Gasteiger partial charge in [-0.3, -0.25) is 19.7 Å². The van der Waals surface area contributed by atoms with E-state index in [4.69, 9.17) is 130 Å². The number of fused-ring (bicyclic) bond motifs is 1. The molecular weight excluding hydrogens is 612 g/mol. The van der Waals surface area contributed by atoms with Crippen molar-refractivity contribution >= 4 is 149 Å². The zero-order valence-corrected chi connectivity index (χ0v) is 26.4. The number of piperidine rings is 1. The van der Waals surface area contributed by atoms with Crippen LogP contribution in [0.1, 0.15) is 27.0 Å². The number of ether oxygens (including phenoxy) is 1. The van der Waals surface area contributed by atoms with Crippen molar-refractivity contribution in [1.29, 1.82) is 0 Å². The number of rotatable bonds is 6. The molecule has 0 bridgehead atoms. The van der Waals surface area contributed by atoms with Crippen molar-refractivity contribution in [2.45, 2.75) is 55.2 Å². The average Bonchev–Trinajstić information content (AvgIpc) is 3.14. The Kier molecular flexibility index (Phi) is 9.05. The van der Waals surface area contributed by atoms with Crippen LogP contribution in [0.5, 0.6) is 0 Å². The predicted molar refractivity (Wildman–Crippen MR) is 198 cm³/mol. The van der Waals surface area contributed by atoms with Gasteiger partial charge in [-0.05, 0) is 72.3 Å². The van der Waals surface area contributed by atoms with Crippen LogP contribution in [-0.4, -0.2) is 181 Å². The molecule has 50 heavy (non-hydrogen) atoms. The van der Waals surface area contributed by atoms with Gasteiger partial charge in [0.2, 0.25) is 11.8 Å². The number of amides is 3. The SMILES string of the molecule is [B]C([B])(Nc1cccc2c1C([B])([B])N(C1C(=O)NC(=O)C([B])([B])C1([B])[B])C2=O)c1ccc(CN2C([B])([B])C([B])([B])OC([B])([B])C2([B])[B])cc1F. The highest BCUT2D eigenvalue weighted by atomic mass is 19.1. The van der Waals surface area contributed by atoms with Gasteiger partial charge in [-0.1, -0.05) is 23.4 Å². The van der Waals surface area contributed by atoms with Crippen molar-refractivity contribution in [2.75, 3.05) is 5.32 Å². The lowest BCUT2D eigenvalue weighted by atomic mass is 9.26. The van der Waals surface area contributed by atoms with Gasteiger partial charge in [-0.15, -0.1) is 0 Å². The second kappa shape index (κ2) is 11.6. The normalized spacial score (nSPS) is 25.7. The van der Waals surface area contributed by atoms with Gasteiger partial charge < -0.3 is 19.9 Å². The highest BCUT2D eigenvalue weighted by Crippen LogP contribution is 2.53. The molecule has 1 unspecified atom stereocenters. The Morgan fingerprint density at radius 2 is 1.40 bits per heavy atom. The molecule has 1 atom stereocenters. The smallest absolute Gasteiger partial charge is 0.254 e. The number of hydrogen-bond acceptors (Lipinski definition) is 6. The van der Waals surface area contributed by atoms with Crippen molar-refractivity contribution in [3.63, 3.8) is 0 Å². The summed E-state index contributed by atoms with van der Waals surface area (Å²) in [5.41, 5.74) is -0.613. The molecule has 8 nitrogen and oxygen atoms in total. The van der Waals surface area contributed by atoms with E-state index in [1.807, 2.05) is 5.32 Å². The second-order valence-corrected chi connectivity index (χ2v) is 13.0. The number of imide groups is 1. The summed E-state index contributed by atoms with van der Waals surface area (Å²) in [7, 11) is 97.9. The molecule has 2 aromatic carbocycles. The van der Waals surface area contributed by atoms with Crippen molar-refractivity contribution in [1.82, 2.24) is 15.1 Å². The summed E-state index contributed by atoms with van der Waals surface area (Å²) in [4.78, 5) is 40.6. The van der Waals surface area contributed by atoms with E-state index in [0.717, 1.165) is 11.0 Å². The minimum absolute atomic E-state index is 0.0830. The highest BCUT2D eigenvalue weighted by Gasteiger charge is 2.60. The Balaban J connectivity index is 1.48. The molecule has 3 aliphatic heterocycles. The third-order valence-electron chi connectivity index (χ3n) is 9.24. The lowest BCUT2D eigenvalue weighted by Crippen LogP contribution is -2.85. The number of anilines is 1. The van der Waals surface area contributed by atoms with Gasteiger partial charge in [-0.2, -0.15) is 0 Å². The Bertz CT molecular complexity index is 1780. The number of nitrogens with one attached hydrogen (secondary N) is 2. The van der Waals surface area contributed by atoms with E-state index < -0.39 is 78.7 Å². The maximum Gasteiger partial charge on any atom is 0.254 e. The van der Waals surface area contributed by atoms with Crippen LogP contribution in [0.3, 0.4) is 0 Å². The lowest BCUT2D eigenvalue weighted by Gasteiger charge is -2.70. The monoisotopic (exact) mass is 626 g/mol. The summed E-state index contributed by atoms with van der Waals surface area (Å²) < 4.78 is 21.0. The van der Waals surface area contributed by atoms with E-state index >= 15 is 4.39 Å². The first-order valence-electron chi connectivity index (χ1n) is 14.5. The quantitative estimate of drug-likeness (QED) is 0.246. The van der Waals surface area contributed by atoms with E-state index in [2.05, 4.69) is 5.32 Å². The zero-order valence-electron chi connectivity index (χ0n) is 26.4. The summed E-state index contributed by atoms with van der Waals surface area (Å²) in [5, 5.41) is -14.5. The minimum atomic E-state index is -2.58. The highest BCUT2D eigenvalue weighted by molar-refractivity contribution is 6.64. The Morgan fingerprint density at radius 3 is 1.94 bits per heavy atom. The van der Waals surface area contributed by atoms with Gasteiger partial charge in [0.15, 0.2) is 0 Å². The van der Waals surface area contributed by atoms with E-state index in [1.54, 1.807) is 0 Å². The summed E-state index contributed by atoms with van der Waals surface area (Å²) in [5.74, 6) is -4.31. The number of halogens is 1. The Hall–Kier alpha value is -2.26. The fraction of sp³-hybridized carbons (Fsp3) is 0.400. The van der Waals surface area contributed by atoms with E-state index in [-0.39, 0.29) is 27.9 Å². The van der Waals surface area contributed by atoms with Gasteiger partial charge >= 0.3 is 0 Å². The second-order valence-electron chi connectivity index (χ2n) is 13.0. The van der Waals surface area contributed by atoms with E-state index in [0.29, 0.717) is 4.90 Å². The maximum atomic E-state index is 15.8. The van der Waals surface area contributed by atoms with Crippen molar-refractivity contribution in [3.05, 3.63) is 64.5 Å². The summed E-state index contributed by atoms with van der Waals surface area (Å²) in [6.07, 6.45) is 0. The van der Waals surface area contributed by atoms with Gasteiger partial charge in [0.1, 0.15) is 11.9 Å². The third kappa shape index (κ3) is 5.52. The molecule has 3 aliphatic rings. The molecule has 2 N–H and O–H groups in total. The number of morpholine rings is 1. The summed E-state index contributed by atoms with van der Waals surface area (Å²) >= 11 is 0. The molecule has 2 fully saturated rings. The van der Waals surface area contributed by atoms with Crippen LogP contribution in [0.4, 0.5) is 10.1 Å². The molecular formula is C25H11B16FN4O4. The molecule has 2 saturated heterocycles. The van der Waals surface area contributed by atoms with Crippen molar-refractivity contribution in [2.24, 2.45) is 0 Å². The number of hydrogen-bond donors (Lipinski definition) is 2. The number of carbonyl (C=O) groups excluding carboxylic acids is 3. The average molecular weight is 623 g/mol. The molecule has 0 aromatic heterocycles. The van der Waals surface area contributed by atoms with Gasteiger partial charge in [0.05, 0.1) is 126 Å². The van der Waals surface area contributed by atoms with Crippen LogP contribution < -0.4 is 10.6 Å². The number of carbonyl (C=O) groups is 3. The molecule has 32 radical (unpaired) electrons. The fourth-order valence-electron chi connectivity index (χ4n) is 6.17. The van der Waals surface area contributed by atoms with Crippen molar-refractivity contribution in [3.8, 4) is 0 Å². The molecule has 5 rings (SSSR count). The van der Waals surface area contributed by atoms with Crippen LogP contribution in [0.2, 0.25) is 10.4 Å². The summed E-state index contributed by atoms with van der Waals surface area (Å²) in [6.45, 7) is -0.424. The molecule has 25 heteroatoms. The first-order chi connectivity index (χ1) is 22.5. The standard InChI is InChI=1S/C25H11B16FN4O4/c26-18(27)14(15(47)43-17(49)19(18,28)29)46-16(48)9-2-1-3-12(13(9)21(46,32)33)44-20(30,31)10-5-4-8(6-11(10)42)7-45-22(34,35)24(38,39)50-25(40,41)23(45,36)37/h1-6,14,44H,7H2,(H,43,47,49). The summed E-state index contributed by atoms with van der Waals surface area (Å²) in [6, 6.07) is 5.63. The molecule has 0 saturated carbocycles. The maximum absolute atomic E-state index is 15.8. The molecule has 0 spiro atoms. The van der Waals surface area contributed by atoms with E-state index in [1.165, 1.54) is 30.3 Å². The predicted octanol–water partition coefficient (Wildman–Crippen LogP) is -5.98. The Morgan fingerprint density at radius 1 is 0.840 bits per heavy atom. The molecule has 3 amide bonds. The molecule has 3 heterocycles. The third-order valence-corrected chi connectivity index (χ3v) is 9.24. The number of benzene rings is 2. The molecule has 0 aliphatic carbocycles. The largest absolute Gasteiger partial charge is 0.406 e. The molecule has 210 valence electrons. The Labute approximate surface area is 311 Å². The lowest BCUT2D eigenvalue weighted by molar-refractivity contribution is -0.138. The number of nitrogens with zero attached hydrogens (tertiary/aromatic N) is 2. The van der Waals surface area contributed by atoms with Gasteiger partial charge in [0.25, 0.3) is 5.91 Å². The van der Waals surface area contributed by atoms with Gasteiger partial charge in [-0.25, -0.2) is 4.39 Å². The van der Waals surface area contributed by atoms with Crippen LogP contribution in [-0.2, 0) is 31.5 Å². The first kappa shape index (κ1) is 39.0. The molecule has 2 aromatic rings. The first-order valence-corrected chi connectivity index (χ1v) is 14.5. The topological polar surface area (TPSA) is 91.0 Å². The van der Waals surface area contributed by atoms with Crippen LogP contribution in [0.25, 0.3) is 0 Å².